The lowest BCUT2D eigenvalue weighted by Gasteiger charge is -2.19. The number of pyridine rings is 2. The van der Waals surface area contributed by atoms with Gasteiger partial charge in [0, 0.05) is 38.1 Å². The van der Waals surface area contributed by atoms with Gasteiger partial charge in [-0.3, -0.25) is 14.6 Å². The first-order valence-electron chi connectivity index (χ1n) is 10.6. The summed E-state index contributed by atoms with van der Waals surface area (Å²) < 4.78 is 47.5. The SMILES string of the molecule is CCN(CC)S(=O)(=O)c1ccc(=O)n(CC(=O)NCc2ccc(Oc3cccnc3)c(F)c2)c1. The minimum atomic E-state index is -3.78. The van der Waals surface area contributed by atoms with Gasteiger partial charge in [-0.15, -0.1) is 0 Å². The van der Waals surface area contributed by atoms with Crippen LogP contribution in [0, 0.1) is 5.82 Å². The fraction of sp³-hybridized carbons (Fsp3) is 0.261. The van der Waals surface area contributed by atoms with Crippen molar-refractivity contribution < 1.29 is 22.3 Å². The Morgan fingerprint density at radius 3 is 2.59 bits per heavy atom. The number of carbonyl (C=O) groups excluding carboxylic acids is 1. The highest BCUT2D eigenvalue weighted by Gasteiger charge is 2.22. The number of hydrogen-bond donors (Lipinski definition) is 1. The predicted octanol–water partition coefficient (Wildman–Crippen LogP) is 2.52. The van der Waals surface area contributed by atoms with E-state index < -0.39 is 27.3 Å². The molecule has 1 aromatic carbocycles. The first-order chi connectivity index (χ1) is 16.2. The van der Waals surface area contributed by atoms with E-state index in [1.165, 1.54) is 28.7 Å². The van der Waals surface area contributed by atoms with Crippen LogP contribution in [0.25, 0.3) is 0 Å². The van der Waals surface area contributed by atoms with Gasteiger partial charge in [-0.1, -0.05) is 19.9 Å². The van der Waals surface area contributed by atoms with Crippen molar-refractivity contribution in [2.24, 2.45) is 0 Å². The summed E-state index contributed by atoms with van der Waals surface area (Å²) in [6, 6.07) is 9.91. The van der Waals surface area contributed by atoms with Crippen molar-refractivity contribution in [3.63, 3.8) is 0 Å². The van der Waals surface area contributed by atoms with E-state index in [0.717, 1.165) is 16.8 Å². The molecule has 11 heteroatoms. The summed E-state index contributed by atoms with van der Waals surface area (Å²) in [6.45, 7) is 3.61. The summed E-state index contributed by atoms with van der Waals surface area (Å²) >= 11 is 0. The molecule has 1 amide bonds. The number of aromatic nitrogens is 2. The van der Waals surface area contributed by atoms with Gasteiger partial charge in [0.25, 0.3) is 5.56 Å². The number of sulfonamides is 1. The van der Waals surface area contributed by atoms with E-state index in [1.54, 1.807) is 38.2 Å². The maximum Gasteiger partial charge on any atom is 0.251 e. The normalized spacial score (nSPS) is 11.4. The first kappa shape index (κ1) is 25.1. The highest BCUT2D eigenvalue weighted by Crippen LogP contribution is 2.24. The minimum absolute atomic E-state index is 0.00904. The van der Waals surface area contributed by atoms with Crippen molar-refractivity contribution in [1.29, 1.82) is 0 Å². The maximum absolute atomic E-state index is 14.4. The number of halogens is 1. The predicted molar refractivity (Wildman–Crippen MR) is 123 cm³/mol. The molecule has 1 N–H and O–H groups in total. The van der Waals surface area contributed by atoms with Crippen molar-refractivity contribution in [2.75, 3.05) is 13.1 Å². The van der Waals surface area contributed by atoms with Crippen molar-refractivity contribution >= 4 is 15.9 Å². The molecule has 0 aliphatic heterocycles. The Balaban J connectivity index is 1.65. The molecule has 3 rings (SSSR count). The van der Waals surface area contributed by atoms with Crippen LogP contribution in [-0.2, 0) is 27.9 Å². The molecule has 0 spiro atoms. The molecule has 2 aromatic heterocycles. The zero-order valence-electron chi connectivity index (χ0n) is 18.8. The third-order valence-electron chi connectivity index (χ3n) is 4.96. The molecule has 0 saturated carbocycles. The second-order valence-corrected chi connectivity index (χ2v) is 9.19. The Kier molecular flexibility index (Phi) is 8.13. The topological polar surface area (TPSA) is 111 Å². The van der Waals surface area contributed by atoms with Gasteiger partial charge in [0.15, 0.2) is 11.6 Å². The lowest BCUT2D eigenvalue weighted by Crippen LogP contribution is -2.34. The smallest absolute Gasteiger partial charge is 0.251 e. The molecule has 0 radical (unpaired) electrons. The molecular formula is C23H25FN4O5S. The zero-order valence-corrected chi connectivity index (χ0v) is 19.6. The van der Waals surface area contributed by atoms with Crippen LogP contribution >= 0.6 is 0 Å². The van der Waals surface area contributed by atoms with Gasteiger partial charge in [-0.2, -0.15) is 4.31 Å². The van der Waals surface area contributed by atoms with Gasteiger partial charge < -0.3 is 14.6 Å². The summed E-state index contributed by atoms with van der Waals surface area (Å²) in [7, 11) is -3.78. The Morgan fingerprint density at radius 2 is 1.94 bits per heavy atom. The monoisotopic (exact) mass is 488 g/mol. The van der Waals surface area contributed by atoms with E-state index in [-0.39, 0.29) is 36.8 Å². The van der Waals surface area contributed by atoms with E-state index in [2.05, 4.69) is 10.3 Å². The zero-order chi connectivity index (χ0) is 24.7. The summed E-state index contributed by atoms with van der Waals surface area (Å²) in [6.07, 6.45) is 4.18. The molecule has 9 nitrogen and oxygen atoms in total. The molecule has 2 heterocycles. The number of hydrogen-bond acceptors (Lipinski definition) is 6. The summed E-state index contributed by atoms with van der Waals surface area (Å²) in [4.78, 5) is 28.4. The van der Waals surface area contributed by atoms with E-state index in [1.807, 2.05) is 0 Å². The summed E-state index contributed by atoms with van der Waals surface area (Å²) in [5, 5.41) is 2.60. The van der Waals surface area contributed by atoms with Crippen molar-refractivity contribution in [1.82, 2.24) is 19.2 Å². The maximum atomic E-state index is 14.4. The number of amides is 1. The third-order valence-corrected chi connectivity index (χ3v) is 7.00. The van der Waals surface area contributed by atoms with Gasteiger partial charge in [0.1, 0.15) is 12.3 Å². The standard InChI is InChI=1S/C23H25FN4O5S/c1-3-28(4-2)34(31,32)19-8-10-23(30)27(15-19)16-22(29)26-13-17-7-9-21(20(24)12-17)33-18-6-5-11-25-14-18/h5-12,14-15H,3-4,13,16H2,1-2H3,(H,26,29). The third kappa shape index (κ3) is 6.06. The Hall–Kier alpha value is -3.57. The fourth-order valence-electron chi connectivity index (χ4n) is 3.18. The number of carbonyl (C=O) groups is 1. The van der Waals surface area contributed by atoms with E-state index >= 15 is 0 Å². The molecule has 0 atom stereocenters. The second-order valence-electron chi connectivity index (χ2n) is 7.25. The molecule has 0 fully saturated rings. The van der Waals surface area contributed by atoms with Gasteiger partial charge in [-0.05, 0) is 35.9 Å². The molecule has 0 saturated heterocycles. The van der Waals surface area contributed by atoms with Gasteiger partial charge in [0.05, 0.1) is 11.1 Å². The largest absolute Gasteiger partial charge is 0.453 e. The van der Waals surface area contributed by atoms with Crippen LogP contribution in [0.2, 0.25) is 0 Å². The molecule has 0 unspecified atom stereocenters. The van der Waals surface area contributed by atoms with Crippen LogP contribution < -0.4 is 15.6 Å². The average molecular weight is 489 g/mol. The lowest BCUT2D eigenvalue weighted by molar-refractivity contribution is -0.121. The quantitative estimate of drug-likeness (QED) is 0.470. The molecule has 180 valence electrons. The van der Waals surface area contributed by atoms with Crippen molar-refractivity contribution in [2.45, 2.75) is 31.8 Å². The van der Waals surface area contributed by atoms with Gasteiger partial charge in [0.2, 0.25) is 15.9 Å². The Morgan fingerprint density at radius 1 is 1.18 bits per heavy atom. The first-order valence-corrected chi connectivity index (χ1v) is 12.0. The number of benzene rings is 1. The van der Waals surface area contributed by atoms with Crippen LogP contribution in [0.4, 0.5) is 4.39 Å². The second kappa shape index (κ2) is 11.0. The van der Waals surface area contributed by atoms with Crippen molar-refractivity contribution in [3.8, 4) is 11.5 Å². The summed E-state index contributed by atoms with van der Waals surface area (Å²) in [5.41, 5.74) is -0.0359. The van der Waals surface area contributed by atoms with Crippen LogP contribution in [0.1, 0.15) is 19.4 Å². The number of ether oxygens (including phenoxy) is 1. The minimum Gasteiger partial charge on any atom is -0.453 e. The van der Waals surface area contributed by atoms with Crippen LogP contribution in [-0.4, -0.2) is 41.3 Å². The highest BCUT2D eigenvalue weighted by atomic mass is 32.2. The van der Waals surface area contributed by atoms with E-state index in [0.29, 0.717) is 11.3 Å². The summed E-state index contributed by atoms with van der Waals surface area (Å²) in [5.74, 6) is -0.740. The average Bonchev–Trinajstić information content (AvgIpc) is 2.82. The molecule has 3 aromatic rings. The number of nitrogens with one attached hydrogen (secondary N) is 1. The number of nitrogens with zero attached hydrogens (tertiary/aromatic N) is 3. The molecule has 34 heavy (non-hydrogen) atoms. The van der Waals surface area contributed by atoms with Gasteiger partial charge >= 0.3 is 0 Å². The molecule has 0 aliphatic carbocycles. The van der Waals surface area contributed by atoms with Crippen LogP contribution in [0.5, 0.6) is 11.5 Å². The van der Waals surface area contributed by atoms with Gasteiger partial charge in [-0.25, -0.2) is 12.8 Å². The fourth-order valence-corrected chi connectivity index (χ4v) is 4.66. The molecule has 0 aliphatic rings. The molecule has 0 bridgehead atoms. The van der Waals surface area contributed by atoms with Crippen molar-refractivity contribution in [3.05, 3.63) is 82.8 Å². The van der Waals surface area contributed by atoms with Crippen LogP contribution in [0.15, 0.2) is 70.7 Å². The molecular weight excluding hydrogens is 463 g/mol. The highest BCUT2D eigenvalue weighted by molar-refractivity contribution is 7.89. The van der Waals surface area contributed by atoms with Crippen LogP contribution in [0.3, 0.4) is 0 Å². The van der Waals surface area contributed by atoms with E-state index in [9.17, 15) is 22.4 Å². The number of rotatable bonds is 10. The lowest BCUT2D eigenvalue weighted by atomic mass is 10.2. The Bertz CT molecular complexity index is 1310. The van der Waals surface area contributed by atoms with E-state index in [4.69, 9.17) is 4.74 Å². The Labute approximate surface area is 196 Å².